The molecule has 2 N–H and O–H groups in total. The third kappa shape index (κ3) is 42.6. The number of aliphatic hydroxyl groups is 2. The molecule has 0 radical (unpaired) electrons. The smallest absolute Gasteiger partial charge is 0.870 e. The van der Waals surface area contributed by atoms with Crippen LogP contribution in [0.2, 0.25) is 0 Å². The molecule has 2 atom stereocenters. The van der Waals surface area contributed by atoms with Gasteiger partial charge in [-0.3, -0.25) is 30.6 Å². The summed E-state index contributed by atoms with van der Waals surface area (Å²) in [6, 6.07) is 23.1. The number of para-hydroxylation sites is 4. The number of methoxy groups -OCH3 is 4. The zero-order valence-electron chi connectivity index (χ0n) is 46.8. The Morgan fingerprint density at radius 2 is 0.720 bits per heavy atom. The van der Waals surface area contributed by atoms with Crippen molar-refractivity contribution in [2.75, 3.05) is 55.7 Å². The van der Waals surface area contributed by atoms with Crippen LogP contribution in [0.15, 0.2) is 103 Å². The van der Waals surface area contributed by atoms with E-state index in [4.69, 9.17) is 71.6 Å². The van der Waals surface area contributed by atoms with Gasteiger partial charge in [-0.15, -0.1) is 12.0 Å². The number of hydrogen-bond donors (Lipinski definition) is 2. The normalized spacial score (nSPS) is 9.32. The number of rotatable bonds is 18. The molecule has 0 aliphatic rings. The van der Waals surface area contributed by atoms with Crippen LogP contribution in [0.25, 0.3) is 21.5 Å². The first kappa shape index (κ1) is 90.2. The molecule has 0 aliphatic heterocycles. The van der Waals surface area contributed by atoms with Crippen molar-refractivity contribution in [3.8, 4) is 83.2 Å². The summed E-state index contributed by atoms with van der Waals surface area (Å²) in [4.78, 5) is 22.8. The monoisotopic (exact) mass is 1320 g/mol. The molecule has 0 fully saturated rings. The minimum absolute atomic E-state index is 0. The maximum Gasteiger partial charge on any atom is 2.00 e. The third-order valence-corrected chi connectivity index (χ3v) is 8.75. The van der Waals surface area contributed by atoms with Crippen molar-refractivity contribution in [2.45, 2.75) is 51.6 Å². The standard InChI is InChI=1S/2C21H26N2O4.4C2N3.2CH4O.4Zn/c2*1-4-17(23-14-16-8-6-10-19(27-3)21(16)25)11-12-22-13-15-7-5-9-18(26-2)20(15)24;4*3-1-5-2-4;2*1-2;;;;/h2*5-10,13-14,17,24-25H,4,11-12H2,1-3H3;;;;;2*2H,1H3;;;;/q;;4*-1;;;4*+2/p-4/t2*17-;;;;;;;;;;/m10........../s1. The molecule has 26 nitrogen and oxygen atoms in total. The topological polar surface area (TPSA) is 459 Å². The summed E-state index contributed by atoms with van der Waals surface area (Å²) >= 11 is 0. The Morgan fingerprint density at radius 1 is 0.476 bits per heavy atom. The fourth-order valence-electron chi connectivity index (χ4n) is 5.18. The number of nitriles is 6. The van der Waals surface area contributed by atoms with E-state index in [1.165, 1.54) is 77.6 Å². The Bertz CT molecular complexity index is 2600. The van der Waals surface area contributed by atoms with Gasteiger partial charge in [-0.05, 0) is 72.2 Å². The SMILES string of the molecule is CC[C@@H](CCN=Cc1cccc(OC)c1[O-])N=Cc1cccc(OC)c1[O-].CC[C@H](CCN=Cc1cccc(OC)c1[O-])N=Cc1cccc(OC)c1[O-].CO.CO.N#CN=C=[N-].N#CN=C=[N-].N#C[N-]C#N.N#C[N-]C#N.[Zn+2].[Zn+2].[Zn+2].[Zn+2]. The van der Waals surface area contributed by atoms with Crippen LogP contribution in [-0.4, -0.2) is 115 Å². The first-order valence-corrected chi connectivity index (χ1v) is 22.1. The van der Waals surface area contributed by atoms with Gasteiger partial charge in [0, 0.05) is 76.9 Å². The fraction of sp³-hybridized carbons (Fsp3) is 0.308. The van der Waals surface area contributed by atoms with Crippen molar-refractivity contribution in [1.82, 2.24) is 0 Å². The molecule has 412 valence electrons. The second-order valence-electron chi connectivity index (χ2n) is 13.1. The second kappa shape index (κ2) is 65.2. The summed E-state index contributed by atoms with van der Waals surface area (Å²) in [6.45, 7) is 5.14. The molecule has 0 bridgehead atoms. The van der Waals surface area contributed by atoms with Gasteiger partial charge in [-0.25, -0.2) is 0 Å². The predicted octanol–water partition coefficient (Wildman–Crippen LogP) is 5.39. The Balaban J connectivity index is -0.000000154. The molecule has 4 aromatic carbocycles. The van der Waals surface area contributed by atoms with Crippen LogP contribution in [0.3, 0.4) is 0 Å². The maximum absolute atomic E-state index is 12.1. The molecule has 30 heteroatoms. The maximum atomic E-state index is 12.1. The van der Waals surface area contributed by atoms with Crippen molar-refractivity contribution in [2.24, 2.45) is 30.0 Å². The molecule has 0 unspecified atom stereocenters. The minimum Gasteiger partial charge on any atom is -0.870 e. The van der Waals surface area contributed by atoms with E-state index in [1.54, 1.807) is 97.7 Å². The van der Waals surface area contributed by atoms with E-state index in [2.05, 4.69) is 40.6 Å². The van der Waals surface area contributed by atoms with E-state index >= 15 is 0 Å². The summed E-state index contributed by atoms with van der Waals surface area (Å²) in [6.07, 6.45) is 17.1. The largest absolute Gasteiger partial charge is 2.00 e. The van der Waals surface area contributed by atoms with E-state index < -0.39 is 0 Å². The van der Waals surface area contributed by atoms with Gasteiger partial charge in [-0.2, -0.15) is 10.5 Å². The van der Waals surface area contributed by atoms with Crippen LogP contribution in [0, 0.1) is 68.7 Å². The molecule has 4 aromatic rings. The van der Waals surface area contributed by atoms with Crippen LogP contribution in [0.5, 0.6) is 46.0 Å². The Morgan fingerprint density at radius 3 is 0.890 bits per heavy atom. The van der Waals surface area contributed by atoms with Gasteiger partial charge in [0.2, 0.25) is 0 Å². The van der Waals surface area contributed by atoms with Crippen LogP contribution in [0.1, 0.15) is 61.8 Å². The van der Waals surface area contributed by atoms with Crippen molar-refractivity contribution in [1.29, 1.82) is 31.6 Å². The summed E-state index contributed by atoms with van der Waals surface area (Å²) in [5.41, 5.74) is 2.00. The quantitative estimate of drug-likeness (QED) is 0.0716. The van der Waals surface area contributed by atoms with Crippen molar-refractivity contribution in [3.05, 3.63) is 117 Å². The molecule has 0 heterocycles. The van der Waals surface area contributed by atoms with Crippen molar-refractivity contribution in [3.63, 3.8) is 0 Å². The predicted molar refractivity (Wildman–Crippen MR) is 286 cm³/mol. The second-order valence-corrected chi connectivity index (χ2v) is 13.1. The average molecular weight is 1330 g/mol. The van der Waals surface area contributed by atoms with Crippen LogP contribution in [0.4, 0.5) is 0 Å². The van der Waals surface area contributed by atoms with E-state index in [1.807, 2.05) is 13.8 Å². The van der Waals surface area contributed by atoms with Gasteiger partial charge in [0.15, 0.2) is 0 Å². The number of hydrogen-bond acceptors (Lipinski definition) is 22. The van der Waals surface area contributed by atoms with Gasteiger partial charge in [0.1, 0.15) is 23.0 Å². The first-order chi connectivity index (χ1) is 37.9. The molecule has 0 aliphatic carbocycles. The third-order valence-electron chi connectivity index (χ3n) is 8.75. The van der Waals surface area contributed by atoms with Gasteiger partial charge < -0.3 is 91.4 Å². The minimum atomic E-state index is -0.171. The van der Waals surface area contributed by atoms with E-state index in [0.29, 0.717) is 58.3 Å². The molecule has 4 rings (SSSR count). The number of aliphatic hydroxyl groups excluding tert-OH is 2. The molecule has 0 saturated heterocycles. The van der Waals surface area contributed by atoms with Crippen LogP contribution in [-0.2, 0) is 77.9 Å². The van der Waals surface area contributed by atoms with Crippen LogP contribution >= 0.6 is 0 Å². The average Bonchev–Trinajstić information content (AvgIpc) is 3.47. The zero-order chi connectivity index (χ0) is 59.8. The van der Waals surface area contributed by atoms with E-state index in [9.17, 15) is 20.4 Å². The van der Waals surface area contributed by atoms with E-state index in [-0.39, 0.29) is 113 Å². The van der Waals surface area contributed by atoms with E-state index in [0.717, 1.165) is 39.9 Å². The summed E-state index contributed by atoms with van der Waals surface area (Å²) < 4.78 is 20.1. The molecule has 0 saturated carbocycles. The van der Waals surface area contributed by atoms with Crippen molar-refractivity contribution >= 4 is 36.9 Å². The number of ether oxygens (including phenoxy) is 4. The number of benzene rings is 4. The Kier molecular flexibility index (Phi) is 71.7. The summed E-state index contributed by atoms with van der Waals surface area (Å²) in [7, 11) is 7.88. The molecular weight excluding hydrogens is 1270 g/mol. The fourth-order valence-corrected chi connectivity index (χ4v) is 5.18. The molecule has 0 amide bonds. The molecular formula is C52H56N16O10Zn4. The van der Waals surface area contributed by atoms with Gasteiger partial charge in [0.05, 0.1) is 52.9 Å². The van der Waals surface area contributed by atoms with Crippen LogP contribution < -0.4 is 39.4 Å². The van der Waals surface area contributed by atoms with Gasteiger partial charge >= 0.3 is 77.9 Å². The Hall–Kier alpha value is -8.33. The van der Waals surface area contributed by atoms with Gasteiger partial charge in [0.25, 0.3) is 0 Å². The number of nitrogens with zero attached hydrogens (tertiary/aromatic N) is 16. The van der Waals surface area contributed by atoms with Crippen molar-refractivity contribution < 1.29 is 127 Å². The Labute approximate surface area is 529 Å². The zero-order valence-corrected chi connectivity index (χ0v) is 58.6. The summed E-state index contributed by atoms with van der Waals surface area (Å²) in [5.74, 6) is 0.551. The van der Waals surface area contributed by atoms with Gasteiger partial charge in [-0.1, -0.05) is 85.4 Å². The molecule has 0 spiro atoms. The first-order valence-electron chi connectivity index (χ1n) is 22.1. The molecule has 0 aromatic heterocycles. The summed E-state index contributed by atoms with van der Waals surface area (Å²) in [5, 5.41) is 127. The molecule has 82 heavy (non-hydrogen) atoms. The number of aliphatic imine (C=N–C) groups is 6.